The monoisotopic (exact) mass is 417 g/mol. The van der Waals surface area contributed by atoms with Gasteiger partial charge in [0.2, 0.25) is 12.7 Å². The molecule has 0 saturated heterocycles. The summed E-state index contributed by atoms with van der Waals surface area (Å²) in [5.74, 6) is 3.33. The van der Waals surface area contributed by atoms with E-state index >= 15 is 0 Å². The number of hydrogen-bond donors (Lipinski definition) is 0. The molecular formula is C26H31N3O2. The maximum Gasteiger partial charge on any atom is 0.231 e. The topological polar surface area (TPSA) is 39.5 Å². The Bertz CT molecular complexity index is 1030. The van der Waals surface area contributed by atoms with E-state index in [0.29, 0.717) is 12.7 Å². The first kappa shape index (κ1) is 20.0. The van der Waals surface area contributed by atoms with Gasteiger partial charge in [-0.3, -0.25) is 0 Å². The van der Waals surface area contributed by atoms with Crippen LogP contribution in [0.3, 0.4) is 0 Å². The Morgan fingerprint density at radius 1 is 1.10 bits per heavy atom. The Balaban J connectivity index is 1.65. The highest BCUT2D eigenvalue weighted by Gasteiger charge is 2.51. The van der Waals surface area contributed by atoms with Crippen LogP contribution in [0.5, 0.6) is 11.5 Å². The second-order valence-electron chi connectivity index (χ2n) is 8.77. The van der Waals surface area contributed by atoms with E-state index in [1.165, 1.54) is 24.0 Å². The molecule has 0 N–H and O–H groups in total. The smallest absolute Gasteiger partial charge is 0.231 e. The molecule has 1 saturated carbocycles. The predicted octanol–water partition coefficient (Wildman–Crippen LogP) is 5.30. The molecule has 1 aliphatic carbocycles. The van der Waals surface area contributed by atoms with Crippen molar-refractivity contribution in [1.29, 1.82) is 0 Å². The van der Waals surface area contributed by atoms with Gasteiger partial charge in [-0.1, -0.05) is 49.7 Å². The van der Waals surface area contributed by atoms with Crippen LogP contribution in [0.2, 0.25) is 0 Å². The summed E-state index contributed by atoms with van der Waals surface area (Å²) in [6.07, 6.45) is 9.65. The van der Waals surface area contributed by atoms with E-state index in [0.717, 1.165) is 43.3 Å². The lowest BCUT2D eigenvalue weighted by atomic mass is 9.77. The first-order valence-corrected chi connectivity index (χ1v) is 11.4. The number of aryl methyl sites for hydroxylation is 1. The summed E-state index contributed by atoms with van der Waals surface area (Å²) < 4.78 is 13.4. The zero-order chi connectivity index (χ0) is 21.3. The maximum atomic E-state index is 5.70. The largest absolute Gasteiger partial charge is 0.454 e. The lowest BCUT2D eigenvalue weighted by molar-refractivity contribution is 0.174. The number of ether oxygens (including phenoxy) is 2. The van der Waals surface area contributed by atoms with Crippen LogP contribution in [-0.2, 0) is 19.0 Å². The summed E-state index contributed by atoms with van der Waals surface area (Å²) in [6.45, 7) is 3.55. The number of unbranched alkanes of at least 4 members (excludes halogenated alkanes) is 1. The third-order valence-corrected chi connectivity index (χ3v) is 6.69. The average molecular weight is 418 g/mol. The zero-order valence-electron chi connectivity index (χ0n) is 18.5. The van der Waals surface area contributed by atoms with E-state index in [-0.39, 0.29) is 5.54 Å². The minimum atomic E-state index is -0.150. The maximum absolute atomic E-state index is 5.70. The second kappa shape index (κ2) is 8.29. The fourth-order valence-electron chi connectivity index (χ4n) is 5.02. The SMILES string of the molecule is CCCCN(c1nccn1C)C(Cc1ccc2c(c1)OCO2)(c1ccccc1)C1CC1. The van der Waals surface area contributed by atoms with Crippen LogP contribution in [0.15, 0.2) is 60.9 Å². The molecule has 5 rings (SSSR count). The Hall–Kier alpha value is -2.95. The number of nitrogens with zero attached hydrogens (tertiary/aromatic N) is 3. The van der Waals surface area contributed by atoms with E-state index in [1.54, 1.807) is 0 Å². The molecule has 1 unspecified atom stereocenters. The van der Waals surface area contributed by atoms with Gasteiger partial charge in [0.15, 0.2) is 11.5 Å². The Labute approximate surface area is 184 Å². The summed E-state index contributed by atoms with van der Waals surface area (Å²) >= 11 is 0. The molecule has 3 aromatic rings. The van der Waals surface area contributed by atoms with Crippen LogP contribution in [0, 0.1) is 5.92 Å². The molecule has 1 atom stereocenters. The third kappa shape index (κ3) is 3.67. The molecule has 0 radical (unpaired) electrons. The number of aromatic nitrogens is 2. The number of hydrogen-bond acceptors (Lipinski definition) is 4. The number of fused-ring (bicyclic) bond motifs is 1. The molecule has 31 heavy (non-hydrogen) atoms. The van der Waals surface area contributed by atoms with Crippen molar-refractivity contribution in [3.63, 3.8) is 0 Å². The summed E-state index contributed by atoms with van der Waals surface area (Å²) in [5.41, 5.74) is 2.49. The Morgan fingerprint density at radius 2 is 1.90 bits per heavy atom. The van der Waals surface area contributed by atoms with Gasteiger partial charge in [0.05, 0.1) is 5.54 Å². The Morgan fingerprint density at radius 3 is 2.61 bits per heavy atom. The summed E-state index contributed by atoms with van der Waals surface area (Å²) in [5, 5.41) is 0. The average Bonchev–Trinajstić information content (AvgIpc) is 3.41. The lowest BCUT2D eigenvalue weighted by Crippen LogP contribution is -2.51. The highest BCUT2D eigenvalue weighted by atomic mass is 16.7. The minimum absolute atomic E-state index is 0.150. The van der Waals surface area contributed by atoms with Gasteiger partial charge >= 0.3 is 0 Å². The van der Waals surface area contributed by atoms with Gasteiger partial charge in [0.25, 0.3) is 0 Å². The molecule has 162 valence electrons. The van der Waals surface area contributed by atoms with Crippen molar-refractivity contribution >= 4 is 5.95 Å². The first-order chi connectivity index (χ1) is 15.2. The van der Waals surface area contributed by atoms with Crippen LogP contribution in [0.1, 0.15) is 43.7 Å². The molecule has 2 heterocycles. The number of anilines is 1. The molecule has 1 aromatic heterocycles. The first-order valence-electron chi connectivity index (χ1n) is 11.4. The van der Waals surface area contributed by atoms with Crippen LogP contribution < -0.4 is 14.4 Å². The molecule has 2 aromatic carbocycles. The van der Waals surface area contributed by atoms with Crippen LogP contribution >= 0.6 is 0 Å². The van der Waals surface area contributed by atoms with Crippen molar-refractivity contribution in [2.75, 3.05) is 18.2 Å². The van der Waals surface area contributed by atoms with E-state index in [2.05, 4.69) is 78.2 Å². The van der Waals surface area contributed by atoms with Crippen LogP contribution in [0.4, 0.5) is 5.95 Å². The molecule has 0 spiro atoms. The molecule has 2 aliphatic rings. The predicted molar refractivity (Wildman–Crippen MR) is 123 cm³/mol. The lowest BCUT2D eigenvalue weighted by Gasteiger charge is -2.46. The van der Waals surface area contributed by atoms with Crippen LogP contribution in [0.25, 0.3) is 0 Å². The Kier molecular flexibility index (Phi) is 5.34. The van der Waals surface area contributed by atoms with Gasteiger partial charge < -0.3 is 18.9 Å². The zero-order valence-corrected chi connectivity index (χ0v) is 18.5. The van der Waals surface area contributed by atoms with Gasteiger partial charge in [-0.15, -0.1) is 0 Å². The normalized spacial score (nSPS) is 16.8. The summed E-state index contributed by atoms with van der Waals surface area (Å²) in [4.78, 5) is 7.41. The molecule has 0 amide bonds. The molecule has 0 bridgehead atoms. The van der Waals surface area contributed by atoms with Crippen molar-refractivity contribution in [3.8, 4) is 11.5 Å². The van der Waals surface area contributed by atoms with Crippen LogP contribution in [-0.4, -0.2) is 22.9 Å². The van der Waals surface area contributed by atoms with Crippen molar-refractivity contribution in [1.82, 2.24) is 9.55 Å². The van der Waals surface area contributed by atoms with E-state index < -0.39 is 0 Å². The quantitative estimate of drug-likeness (QED) is 0.473. The third-order valence-electron chi connectivity index (χ3n) is 6.69. The number of imidazole rings is 1. The number of benzene rings is 2. The van der Waals surface area contributed by atoms with E-state index in [9.17, 15) is 0 Å². The van der Waals surface area contributed by atoms with Crippen molar-refractivity contribution in [2.24, 2.45) is 13.0 Å². The molecule has 5 heteroatoms. The summed E-state index contributed by atoms with van der Waals surface area (Å²) in [6, 6.07) is 17.5. The standard InChI is InChI=1S/C26H31N3O2/c1-3-4-15-29(25-27-14-16-28(25)2)26(22-11-12-22,21-8-6-5-7-9-21)18-20-10-13-23-24(17-20)31-19-30-23/h5-10,13-14,16-17,22H,3-4,11-12,15,18-19H2,1-2H3. The minimum Gasteiger partial charge on any atom is -0.454 e. The van der Waals surface area contributed by atoms with Gasteiger partial charge in [-0.2, -0.15) is 0 Å². The second-order valence-corrected chi connectivity index (χ2v) is 8.77. The van der Waals surface area contributed by atoms with E-state index in [1.807, 2.05) is 6.20 Å². The highest BCUT2D eigenvalue weighted by Crippen LogP contribution is 2.53. The van der Waals surface area contributed by atoms with Crippen molar-refractivity contribution < 1.29 is 9.47 Å². The van der Waals surface area contributed by atoms with Crippen molar-refractivity contribution in [3.05, 3.63) is 72.1 Å². The van der Waals surface area contributed by atoms with Gasteiger partial charge in [0.1, 0.15) is 0 Å². The summed E-state index contributed by atoms with van der Waals surface area (Å²) in [7, 11) is 2.10. The molecular weight excluding hydrogens is 386 g/mol. The fraction of sp³-hybridized carbons (Fsp3) is 0.423. The molecule has 1 aliphatic heterocycles. The van der Waals surface area contributed by atoms with Crippen molar-refractivity contribution in [2.45, 2.75) is 44.6 Å². The number of rotatable bonds is 9. The van der Waals surface area contributed by atoms with Gasteiger partial charge in [-0.05, 0) is 48.4 Å². The fourth-order valence-corrected chi connectivity index (χ4v) is 5.02. The van der Waals surface area contributed by atoms with Gasteiger partial charge in [0, 0.05) is 32.4 Å². The van der Waals surface area contributed by atoms with Gasteiger partial charge in [-0.25, -0.2) is 4.98 Å². The molecule has 1 fully saturated rings. The molecule has 5 nitrogen and oxygen atoms in total. The highest BCUT2D eigenvalue weighted by molar-refractivity contribution is 5.49. The van der Waals surface area contributed by atoms with E-state index in [4.69, 9.17) is 14.5 Å².